The first-order valence-electron chi connectivity index (χ1n) is 8.22. The molecule has 1 aliphatic heterocycles. The third-order valence-corrected chi connectivity index (χ3v) is 6.17. The molecule has 1 saturated heterocycles. The summed E-state index contributed by atoms with van der Waals surface area (Å²) in [5.41, 5.74) is 0.934. The molecule has 1 heterocycles. The lowest BCUT2D eigenvalue weighted by Crippen LogP contribution is -2.32. The van der Waals surface area contributed by atoms with Gasteiger partial charge in [-0.2, -0.15) is 0 Å². The van der Waals surface area contributed by atoms with E-state index in [9.17, 15) is 13.2 Å². The van der Waals surface area contributed by atoms with Crippen molar-refractivity contribution in [3.63, 3.8) is 0 Å². The molecule has 0 saturated carbocycles. The van der Waals surface area contributed by atoms with Gasteiger partial charge in [-0.15, -0.1) is 0 Å². The normalized spacial score (nSPS) is 17.2. The van der Waals surface area contributed by atoms with E-state index < -0.39 is 10.0 Å². The second kappa shape index (κ2) is 8.47. The molecule has 2 N–H and O–H groups in total. The lowest BCUT2D eigenvalue weighted by Gasteiger charge is -2.12. The average molecular weight is 486 g/mol. The molecule has 1 amide bonds. The van der Waals surface area contributed by atoms with Crippen molar-refractivity contribution in [2.24, 2.45) is 0 Å². The van der Waals surface area contributed by atoms with Gasteiger partial charge in [-0.1, -0.05) is 6.07 Å². The summed E-state index contributed by atoms with van der Waals surface area (Å²) in [6.07, 6.45) is 1.71. The molecule has 2 aromatic carbocycles. The van der Waals surface area contributed by atoms with Crippen LogP contribution in [0.5, 0.6) is 0 Å². The summed E-state index contributed by atoms with van der Waals surface area (Å²) in [6.45, 7) is 0.905. The van der Waals surface area contributed by atoms with Gasteiger partial charge in [0.15, 0.2) is 0 Å². The number of benzene rings is 2. The standard InChI is InChI=1S/C18H19IN2O4S/c19-14-6-8-15(9-7-14)21-18(22)13-3-1-5-17(11-13)26(23,24)20-12-16-4-2-10-25-16/h1,3,5-9,11,16,20H,2,4,10,12H2,(H,21,22). The largest absolute Gasteiger partial charge is 0.377 e. The van der Waals surface area contributed by atoms with Crippen LogP contribution >= 0.6 is 22.6 Å². The second-order valence-electron chi connectivity index (χ2n) is 5.98. The Morgan fingerprint density at radius 2 is 1.96 bits per heavy atom. The minimum atomic E-state index is -3.69. The van der Waals surface area contributed by atoms with Crippen molar-refractivity contribution in [2.75, 3.05) is 18.5 Å². The molecule has 8 heteroatoms. The number of carbonyl (C=O) groups excluding carboxylic acids is 1. The number of amides is 1. The summed E-state index contributed by atoms with van der Waals surface area (Å²) in [5.74, 6) is -0.359. The number of rotatable bonds is 6. The highest BCUT2D eigenvalue weighted by molar-refractivity contribution is 14.1. The van der Waals surface area contributed by atoms with E-state index in [0.29, 0.717) is 12.3 Å². The van der Waals surface area contributed by atoms with Gasteiger partial charge < -0.3 is 10.1 Å². The Bertz CT molecular complexity index is 878. The van der Waals surface area contributed by atoms with Crippen LogP contribution in [0.2, 0.25) is 0 Å². The molecule has 1 aliphatic rings. The van der Waals surface area contributed by atoms with Gasteiger partial charge in [0.05, 0.1) is 11.0 Å². The maximum absolute atomic E-state index is 12.5. The van der Waals surface area contributed by atoms with Crippen LogP contribution in [0.15, 0.2) is 53.4 Å². The quantitative estimate of drug-likeness (QED) is 0.616. The minimum absolute atomic E-state index is 0.0609. The van der Waals surface area contributed by atoms with Crippen molar-refractivity contribution in [2.45, 2.75) is 23.8 Å². The maximum Gasteiger partial charge on any atom is 0.255 e. The summed E-state index contributed by atoms with van der Waals surface area (Å²) in [6, 6.07) is 13.3. The monoisotopic (exact) mass is 486 g/mol. The summed E-state index contributed by atoms with van der Waals surface area (Å²) < 4.78 is 34.0. The molecule has 3 rings (SSSR count). The van der Waals surface area contributed by atoms with Gasteiger partial charge in [0.1, 0.15) is 0 Å². The predicted molar refractivity (Wildman–Crippen MR) is 108 cm³/mol. The Morgan fingerprint density at radius 3 is 2.65 bits per heavy atom. The topological polar surface area (TPSA) is 84.5 Å². The van der Waals surface area contributed by atoms with E-state index in [4.69, 9.17) is 4.74 Å². The number of sulfonamides is 1. The zero-order chi connectivity index (χ0) is 18.6. The number of anilines is 1. The first-order valence-corrected chi connectivity index (χ1v) is 10.8. The molecule has 0 aromatic heterocycles. The number of nitrogens with one attached hydrogen (secondary N) is 2. The van der Waals surface area contributed by atoms with E-state index in [-0.39, 0.29) is 29.0 Å². The molecule has 138 valence electrons. The Balaban J connectivity index is 1.70. The van der Waals surface area contributed by atoms with Crippen LogP contribution in [0, 0.1) is 3.57 Å². The molecule has 6 nitrogen and oxygen atoms in total. The molecule has 2 aromatic rings. The van der Waals surface area contributed by atoms with Crippen molar-refractivity contribution >= 4 is 44.2 Å². The molecular formula is C18H19IN2O4S. The number of hydrogen-bond donors (Lipinski definition) is 2. The fourth-order valence-corrected chi connectivity index (χ4v) is 4.10. The van der Waals surface area contributed by atoms with Gasteiger partial charge in [-0.25, -0.2) is 13.1 Å². The lowest BCUT2D eigenvalue weighted by atomic mass is 10.2. The SMILES string of the molecule is O=C(Nc1ccc(I)cc1)c1cccc(S(=O)(=O)NCC2CCCO2)c1. The molecule has 0 bridgehead atoms. The number of ether oxygens (including phenoxy) is 1. The highest BCUT2D eigenvalue weighted by atomic mass is 127. The zero-order valence-corrected chi connectivity index (χ0v) is 16.9. The molecule has 1 unspecified atom stereocenters. The van der Waals surface area contributed by atoms with E-state index in [0.717, 1.165) is 16.4 Å². The van der Waals surface area contributed by atoms with Gasteiger partial charge in [-0.05, 0) is 77.9 Å². The number of carbonyl (C=O) groups is 1. The van der Waals surface area contributed by atoms with Gasteiger partial charge >= 0.3 is 0 Å². The fraction of sp³-hybridized carbons (Fsp3) is 0.278. The van der Waals surface area contributed by atoms with Gasteiger partial charge in [-0.3, -0.25) is 4.79 Å². The van der Waals surface area contributed by atoms with E-state index in [1.807, 2.05) is 12.1 Å². The Kier molecular flexibility index (Phi) is 6.28. The van der Waals surface area contributed by atoms with Crippen LogP contribution in [0.4, 0.5) is 5.69 Å². The molecule has 26 heavy (non-hydrogen) atoms. The van der Waals surface area contributed by atoms with E-state index >= 15 is 0 Å². The first kappa shape index (κ1) is 19.3. The van der Waals surface area contributed by atoms with E-state index in [2.05, 4.69) is 32.6 Å². The van der Waals surface area contributed by atoms with Crippen LogP contribution < -0.4 is 10.0 Å². The van der Waals surface area contributed by atoms with Crippen molar-refractivity contribution < 1.29 is 17.9 Å². The number of hydrogen-bond acceptors (Lipinski definition) is 4. The van der Waals surface area contributed by atoms with Crippen LogP contribution in [-0.2, 0) is 14.8 Å². The van der Waals surface area contributed by atoms with Crippen LogP contribution in [0.3, 0.4) is 0 Å². The summed E-state index contributed by atoms with van der Waals surface area (Å²) in [7, 11) is -3.69. The highest BCUT2D eigenvalue weighted by Crippen LogP contribution is 2.16. The number of halogens is 1. The maximum atomic E-state index is 12.5. The predicted octanol–water partition coefficient (Wildman–Crippen LogP) is 3.00. The van der Waals surface area contributed by atoms with Crippen molar-refractivity contribution in [3.8, 4) is 0 Å². The van der Waals surface area contributed by atoms with Gasteiger partial charge in [0, 0.05) is 28.0 Å². The van der Waals surface area contributed by atoms with Crippen molar-refractivity contribution in [3.05, 3.63) is 57.7 Å². The van der Waals surface area contributed by atoms with Crippen molar-refractivity contribution in [1.82, 2.24) is 4.72 Å². The first-order chi connectivity index (χ1) is 12.4. The minimum Gasteiger partial charge on any atom is -0.377 e. The van der Waals surface area contributed by atoms with Gasteiger partial charge in [0.25, 0.3) is 5.91 Å². The molecule has 1 atom stereocenters. The van der Waals surface area contributed by atoms with E-state index in [1.165, 1.54) is 12.1 Å². The van der Waals surface area contributed by atoms with Gasteiger partial charge in [0.2, 0.25) is 10.0 Å². The molecule has 0 aliphatic carbocycles. The Labute approximate surface area is 166 Å². The van der Waals surface area contributed by atoms with Crippen LogP contribution in [-0.4, -0.2) is 33.6 Å². The lowest BCUT2D eigenvalue weighted by molar-refractivity contribution is 0.102. The summed E-state index contributed by atoms with van der Waals surface area (Å²) in [4.78, 5) is 12.5. The summed E-state index contributed by atoms with van der Waals surface area (Å²) in [5, 5.41) is 2.76. The highest BCUT2D eigenvalue weighted by Gasteiger charge is 2.21. The Morgan fingerprint density at radius 1 is 1.19 bits per heavy atom. The third-order valence-electron chi connectivity index (χ3n) is 4.03. The molecule has 0 radical (unpaired) electrons. The molecule has 0 spiro atoms. The van der Waals surface area contributed by atoms with Crippen LogP contribution in [0.25, 0.3) is 0 Å². The van der Waals surface area contributed by atoms with E-state index in [1.54, 1.807) is 24.3 Å². The third kappa shape index (κ3) is 5.03. The summed E-state index contributed by atoms with van der Waals surface area (Å²) >= 11 is 2.18. The zero-order valence-electron chi connectivity index (χ0n) is 13.9. The fourth-order valence-electron chi connectivity index (χ4n) is 2.63. The smallest absolute Gasteiger partial charge is 0.255 e. The average Bonchev–Trinajstić information content (AvgIpc) is 3.16. The van der Waals surface area contributed by atoms with Crippen molar-refractivity contribution in [1.29, 1.82) is 0 Å². The second-order valence-corrected chi connectivity index (χ2v) is 8.99. The molecular weight excluding hydrogens is 467 g/mol. The Hall–Kier alpha value is -1.49. The van der Waals surface area contributed by atoms with Crippen LogP contribution in [0.1, 0.15) is 23.2 Å². The molecule has 1 fully saturated rings.